The lowest BCUT2D eigenvalue weighted by Crippen LogP contribution is -2.52. The molecule has 1 aliphatic rings. The molecule has 35 heavy (non-hydrogen) atoms. The van der Waals surface area contributed by atoms with Crippen LogP contribution in [-0.2, 0) is 26.1 Å². The van der Waals surface area contributed by atoms with Gasteiger partial charge >= 0.3 is 0 Å². The zero-order valence-corrected chi connectivity index (χ0v) is 19.7. The Hall–Kier alpha value is -3.47. The van der Waals surface area contributed by atoms with E-state index >= 15 is 0 Å². The van der Waals surface area contributed by atoms with Crippen LogP contribution in [0.5, 0.6) is 5.75 Å². The Morgan fingerprint density at radius 1 is 1.06 bits per heavy atom. The van der Waals surface area contributed by atoms with E-state index in [0.717, 1.165) is 17.7 Å². The molecule has 1 fully saturated rings. The second-order valence-corrected chi connectivity index (χ2v) is 9.72. The minimum Gasteiger partial charge on any atom is -0.497 e. The van der Waals surface area contributed by atoms with Crippen molar-refractivity contribution in [2.45, 2.75) is 23.6 Å². The molecule has 0 spiro atoms. The highest BCUT2D eigenvalue weighted by Crippen LogP contribution is 2.31. The number of halogens is 1. The van der Waals surface area contributed by atoms with Crippen LogP contribution < -0.4 is 9.46 Å². The van der Waals surface area contributed by atoms with Crippen molar-refractivity contribution in [3.8, 4) is 5.75 Å². The van der Waals surface area contributed by atoms with E-state index in [1.165, 1.54) is 12.1 Å². The molecule has 3 aromatic carbocycles. The van der Waals surface area contributed by atoms with Gasteiger partial charge in [0.15, 0.2) is 0 Å². The molecule has 0 bridgehead atoms. The van der Waals surface area contributed by atoms with E-state index in [4.69, 9.17) is 9.47 Å². The number of ether oxygens (including phenoxy) is 2. The number of carbonyl (C=O) groups excluding carboxylic acids is 1. The number of rotatable bonds is 8. The number of methoxy groups -OCH3 is 1. The van der Waals surface area contributed by atoms with E-state index in [1.54, 1.807) is 48.4 Å². The van der Waals surface area contributed by atoms with Gasteiger partial charge in [-0.05, 0) is 59.7 Å². The lowest BCUT2D eigenvalue weighted by molar-refractivity contribution is -0.162. The molecule has 8 nitrogen and oxygen atoms in total. The summed E-state index contributed by atoms with van der Waals surface area (Å²) in [6, 6.07) is 17.7. The number of morpholine rings is 1. The maximum absolute atomic E-state index is 13.1. The highest BCUT2D eigenvalue weighted by atomic mass is 32.2. The Morgan fingerprint density at radius 3 is 2.31 bits per heavy atom. The average molecular weight is 501 g/mol. The second kappa shape index (κ2) is 10.4. The number of carbonyl (C=O) groups is 1. The first kappa shape index (κ1) is 24.6. The molecule has 0 saturated carbocycles. The van der Waals surface area contributed by atoms with Crippen LogP contribution in [0, 0.1) is 5.82 Å². The Kier molecular flexibility index (Phi) is 7.34. The number of amides is 1. The van der Waals surface area contributed by atoms with Gasteiger partial charge in [0.05, 0.1) is 24.7 Å². The highest BCUT2D eigenvalue weighted by molar-refractivity contribution is 7.92. The summed E-state index contributed by atoms with van der Waals surface area (Å²) in [4.78, 5) is 14.1. The van der Waals surface area contributed by atoms with Gasteiger partial charge in [-0.1, -0.05) is 24.3 Å². The molecule has 2 N–H and O–H groups in total. The van der Waals surface area contributed by atoms with Gasteiger partial charge in [0.25, 0.3) is 10.0 Å². The van der Waals surface area contributed by atoms with Crippen LogP contribution in [-0.4, -0.2) is 50.7 Å². The Balaban J connectivity index is 1.50. The zero-order chi connectivity index (χ0) is 25.0. The Labute approximate surface area is 203 Å². The van der Waals surface area contributed by atoms with Crippen molar-refractivity contribution in [3.63, 3.8) is 0 Å². The number of nitrogens with zero attached hydrogens (tertiary/aromatic N) is 1. The second-order valence-electron chi connectivity index (χ2n) is 8.03. The predicted molar refractivity (Wildman–Crippen MR) is 127 cm³/mol. The molecular weight excluding hydrogens is 475 g/mol. The van der Waals surface area contributed by atoms with Gasteiger partial charge in [-0.25, -0.2) is 12.8 Å². The minimum atomic E-state index is -3.89. The summed E-state index contributed by atoms with van der Waals surface area (Å²) in [7, 11) is -2.31. The maximum atomic E-state index is 13.1. The third-order valence-corrected chi connectivity index (χ3v) is 7.17. The number of sulfonamides is 1. The van der Waals surface area contributed by atoms with Gasteiger partial charge in [0, 0.05) is 12.2 Å². The van der Waals surface area contributed by atoms with Crippen molar-refractivity contribution in [2.75, 3.05) is 25.0 Å². The van der Waals surface area contributed by atoms with Gasteiger partial charge in [0.2, 0.25) is 5.91 Å². The summed E-state index contributed by atoms with van der Waals surface area (Å²) in [6.07, 6.45) is -0.598. The molecule has 2 atom stereocenters. The number of aliphatic hydroxyl groups excluding tert-OH is 1. The number of hydrogen-bond donors (Lipinski definition) is 2. The van der Waals surface area contributed by atoms with Crippen molar-refractivity contribution >= 4 is 21.6 Å². The van der Waals surface area contributed by atoms with E-state index in [9.17, 15) is 22.7 Å². The van der Waals surface area contributed by atoms with Crippen molar-refractivity contribution in [1.82, 2.24) is 4.90 Å². The smallest absolute Gasteiger partial charge is 0.261 e. The number of hydrogen-bond acceptors (Lipinski definition) is 6. The SMILES string of the molecule is COc1ccc(CN2C(=O)CO[C@H](c3ccc(NS(=O)(=O)c4ccc(F)cc4)cc3)[C@H]2CO)cc1. The molecule has 3 aromatic rings. The molecule has 4 rings (SSSR count). The average Bonchev–Trinajstić information content (AvgIpc) is 2.86. The van der Waals surface area contributed by atoms with Crippen LogP contribution >= 0.6 is 0 Å². The van der Waals surface area contributed by atoms with Gasteiger partial charge < -0.3 is 19.5 Å². The van der Waals surface area contributed by atoms with Crippen LogP contribution in [0.2, 0.25) is 0 Å². The van der Waals surface area contributed by atoms with E-state index in [2.05, 4.69) is 4.72 Å². The maximum Gasteiger partial charge on any atom is 0.261 e. The van der Waals surface area contributed by atoms with Crippen molar-refractivity contribution < 1.29 is 32.2 Å². The van der Waals surface area contributed by atoms with Gasteiger partial charge in [-0.2, -0.15) is 0 Å². The molecule has 0 aliphatic carbocycles. The molecular formula is C25H25FN2O6S. The molecule has 0 unspecified atom stereocenters. The summed E-state index contributed by atoms with van der Waals surface area (Å²) in [6.45, 7) is -0.161. The van der Waals surface area contributed by atoms with E-state index in [1.807, 2.05) is 12.1 Å². The fourth-order valence-corrected chi connectivity index (χ4v) is 4.98. The number of aliphatic hydroxyl groups is 1. The summed E-state index contributed by atoms with van der Waals surface area (Å²) < 4.78 is 51.6. The summed E-state index contributed by atoms with van der Waals surface area (Å²) in [5.41, 5.74) is 1.87. The standard InChI is InChI=1S/C25H25FN2O6S/c1-33-21-10-2-17(3-11-21)14-28-23(15-29)25(34-16-24(28)30)18-4-8-20(9-5-18)27-35(31,32)22-12-6-19(26)7-13-22/h2-13,23,25,27,29H,14-16H2,1H3/t23-,25-/m1/s1. The molecule has 0 radical (unpaired) electrons. The fraction of sp³-hybridized carbons (Fsp3) is 0.240. The van der Waals surface area contributed by atoms with Crippen LogP contribution in [0.3, 0.4) is 0 Å². The third-order valence-electron chi connectivity index (χ3n) is 5.77. The topological polar surface area (TPSA) is 105 Å². The molecule has 1 saturated heterocycles. The highest BCUT2D eigenvalue weighted by Gasteiger charge is 2.37. The lowest BCUT2D eigenvalue weighted by atomic mass is 9.98. The monoisotopic (exact) mass is 500 g/mol. The molecule has 184 valence electrons. The number of anilines is 1. The normalized spacial score (nSPS) is 18.4. The minimum absolute atomic E-state index is 0.0633. The predicted octanol–water partition coefficient (Wildman–Crippen LogP) is 3.10. The molecule has 10 heteroatoms. The largest absolute Gasteiger partial charge is 0.497 e. The van der Waals surface area contributed by atoms with Crippen LogP contribution in [0.1, 0.15) is 17.2 Å². The first-order chi connectivity index (χ1) is 16.8. The first-order valence-corrected chi connectivity index (χ1v) is 12.3. The third kappa shape index (κ3) is 5.61. The molecule has 1 heterocycles. The lowest BCUT2D eigenvalue weighted by Gasteiger charge is -2.40. The van der Waals surface area contributed by atoms with E-state index in [-0.39, 0.29) is 24.0 Å². The van der Waals surface area contributed by atoms with E-state index < -0.39 is 28.0 Å². The van der Waals surface area contributed by atoms with Crippen LogP contribution in [0.15, 0.2) is 77.7 Å². The molecule has 0 aromatic heterocycles. The zero-order valence-electron chi connectivity index (χ0n) is 18.9. The van der Waals surface area contributed by atoms with E-state index in [0.29, 0.717) is 23.5 Å². The summed E-state index contributed by atoms with van der Waals surface area (Å²) >= 11 is 0. The van der Waals surface area contributed by atoms with Crippen molar-refractivity contribution in [3.05, 3.63) is 89.7 Å². The van der Waals surface area contributed by atoms with Gasteiger partial charge in [-0.15, -0.1) is 0 Å². The number of benzene rings is 3. The van der Waals surface area contributed by atoms with Gasteiger partial charge in [-0.3, -0.25) is 9.52 Å². The van der Waals surface area contributed by atoms with Crippen molar-refractivity contribution in [2.24, 2.45) is 0 Å². The molecule has 1 amide bonds. The quantitative estimate of drug-likeness (QED) is 0.493. The number of nitrogens with one attached hydrogen (secondary N) is 1. The van der Waals surface area contributed by atoms with Crippen LogP contribution in [0.4, 0.5) is 10.1 Å². The van der Waals surface area contributed by atoms with Gasteiger partial charge in [0.1, 0.15) is 24.3 Å². The summed E-state index contributed by atoms with van der Waals surface area (Å²) in [5, 5.41) is 10.1. The van der Waals surface area contributed by atoms with Crippen molar-refractivity contribution in [1.29, 1.82) is 0 Å². The van der Waals surface area contributed by atoms with Crippen LogP contribution in [0.25, 0.3) is 0 Å². The fourth-order valence-electron chi connectivity index (χ4n) is 3.92. The Morgan fingerprint density at radius 2 is 1.71 bits per heavy atom. The first-order valence-electron chi connectivity index (χ1n) is 10.8. The Bertz CT molecular complexity index is 1260. The molecule has 1 aliphatic heterocycles. The summed E-state index contributed by atoms with van der Waals surface area (Å²) in [5.74, 6) is -0.0627.